The van der Waals surface area contributed by atoms with Crippen LogP contribution in [0.25, 0.3) is 89.1 Å². The Morgan fingerprint density at radius 2 is 0.459 bits per heavy atom. The van der Waals surface area contributed by atoms with E-state index in [-0.39, 0.29) is 0 Å². The molecule has 0 aliphatic carbocycles. The van der Waals surface area contributed by atoms with Crippen molar-refractivity contribution in [1.82, 2.24) is 0 Å². The molecule has 18 aromatic carbocycles. The summed E-state index contributed by atoms with van der Waals surface area (Å²) in [6.07, 6.45) is 0. The number of fused-ring (bicyclic) bond motifs is 10. The fourth-order valence-electron chi connectivity index (χ4n) is 18.7. The Hall–Kier alpha value is -14.4. The predicted octanol–water partition coefficient (Wildman–Crippen LogP) is 27.6. The zero-order valence-corrected chi connectivity index (χ0v) is 72.6. The molecular weight excluding hydrogens is 1650 g/mol. The molecule has 6 nitrogen and oxygen atoms in total. The molecule has 2 aliphatic rings. The van der Waals surface area contributed by atoms with Crippen LogP contribution in [0.15, 0.2) is 482 Å². The molecule has 20 aromatic rings. The van der Waals surface area contributed by atoms with Gasteiger partial charge in [-0.3, -0.25) is 0 Å². The van der Waals surface area contributed by atoms with Crippen LogP contribution < -0.4 is 44.3 Å². The van der Waals surface area contributed by atoms with Crippen LogP contribution >= 0.6 is 0 Å². The number of furan rings is 2. The summed E-state index contributed by atoms with van der Waals surface area (Å²) in [5, 5.41) is 2.46. The normalized spacial score (nSPS) is 12.5. The monoisotopic (exact) mass is 1730 g/mol. The molecule has 0 bridgehead atoms. The van der Waals surface area contributed by atoms with E-state index in [1.807, 2.05) is 0 Å². The summed E-state index contributed by atoms with van der Waals surface area (Å²) in [5.74, 6) is 2.07. The van der Waals surface area contributed by atoms with Gasteiger partial charge in [-0.1, -0.05) is 48.5 Å². The standard InChI is InChI=1S/C62H44GeN2O.C50H34N2O.2CH3.Sn/c1-7-19-49(20-8-1)63(50-21-9-2-10-22-50)59-41-35-47(45-31-37-55(38-32-45)64(51-23-11-3-12-24-51)52-25-13-4-14-26-52)43-57(59)62-61(63)58-44-48(36-42-60(58)66-62)46-33-39-56(40-34-46)65(53-27-15-5-16-28-53)54-29-17-6-18-30-54;1-5-16-43(17-6-1)51(44-18-7-2-8-19-44)47-29-24-37(25-30-47)39-14-13-15-41(34-39)50-36-42-35-40(28-33-49(42)53-50)38-26-31-48(32-27-38)52(45-20-9-3-10-21-45)46-22-11-4-12-23-46;;;/h1-44H;1-14,16-35H;2*1H3;. The van der Waals surface area contributed by atoms with Crippen LogP contribution in [0.5, 0.6) is 0 Å². The second-order valence-electron chi connectivity index (χ2n) is 31.9. The van der Waals surface area contributed by atoms with Crippen molar-refractivity contribution < 1.29 is 8.83 Å². The van der Waals surface area contributed by atoms with Crippen LogP contribution in [0.1, 0.15) is 0 Å². The van der Waals surface area contributed by atoms with Crippen molar-refractivity contribution >= 4 is 147 Å². The first-order valence-electron chi connectivity index (χ1n) is 41.8. The zero-order valence-electron chi connectivity index (χ0n) is 67.6. The summed E-state index contributed by atoms with van der Waals surface area (Å²) >= 11 is -6.67. The molecule has 122 heavy (non-hydrogen) atoms. The Labute approximate surface area is 719 Å². The van der Waals surface area contributed by atoms with Crippen LogP contribution in [0.2, 0.25) is 9.88 Å². The van der Waals surface area contributed by atoms with Gasteiger partial charge in [0.2, 0.25) is 0 Å². The van der Waals surface area contributed by atoms with Gasteiger partial charge in [-0.15, -0.1) is 0 Å². The number of rotatable bonds is 18. The quantitative estimate of drug-likeness (QED) is 0.0798. The second-order valence-corrected chi connectivity index (χ2v) is 51.9. The molecule has 0 amide bonds. The van der Waals surface area contributed by atoms with Gasteiger partial charge in [0.25, 0.3) is 0 Å². The van der Waals surface area contributed by atoms with Gasteiger partial charge in [-0.25, -0.2) is 0 Å². The Morgan fingerprint density at radius 1 is 0.213 bits per heavy atom. The summed E-state index contributed by atoms with van der Waals surface area (Å²) in [4.78, 5) is 14.3. The fourth-order valence-corrected chi connectivity index (χ4v) is 38.9. The Balaban J connectivity index is 0.000000152. The van der Waals surface area contributed by atoms with E-state index in [1.165, 1.54) is 68.9 Å². The molecule has 0 fully saturated rings. The minimum absolute atomic E-state index is 0.920. The summed E-state index contributed by atoms with van der Waals surface area (Å²) in [6.45, 7) is 0. The molecule has 2 aliphatic heterocycles. The van der Waals surface area contributed by atoms with E-state index in [0.29, 0.717) is 0 Å². The second kappa shape index (κ2) is 32.4. The zero-order chi connectivity index (χ0) is 81.5. The van der Waals surface area contributed by atoms with Crippen molar-refractivity contribution in [3.05, 3.63) is 473 Å². The van der Waals surface area contributed by atoms with Gasteiger partial charge >= 0.3 is 677 Å². The molecule has 2 aromatic heterocycles. The average molecular weight is 1730 g/mol. The first-order chi connectivity index (χ1) is 60.3. The number of nitrogens with zero attached hydrogens (tertiary/aromatic N) is 4. The maximum atomic E-state index is 7.15. The number of para-hydroxylation sites is 8. The molecule has 580 valence electrons. The van der Waals surface area contributed by atoms with Gasteiger partial charge < -0.3 is 0 Å². The molecular formula is C114H84GeN4O2Sn. The number of anilines is 12. The van der Waals surface area contributed by atoms with Gasteiger partial charge in [-0.2, -0.15) is 0 Å². The maximum absolute atomic E-state index is 7.15. The molecule has 8 heteroatoms. The van der Waals surface area contributed by atoms with Gasteiger partial charge in [0.15, 0.2) is 0 Å². The molecule has 0 N–H and O–H groups in total. The first-order valence-corrected chi connectivity index (χ1v) is 54.6. The Morgan fingerprint density at radius 3 is 0.787 bits per heavy atom. The summed E-state index contributed by atoms with van der Waals surface area (Å²) in [6, 6.07) is 171. The van der Waals surface area contributed by atoms with Crippen molar-refractivity contribution in [1.29, 1.82) is 0 Å². The molecule has 0 unspecified atom stereocenters. The molecule has 0 saturated heterocycles. The predicted molar refractivity (Wildman–Crippen MR) is 518 cm³/mol. The summed E-state index contributed by atoms with van der Waals surface area (Å²) in [7, 11) is 0. The molecule has 22 rings (SSSR count). The third kappa shape index (κ3) is 13.8. The Kier molecular flexibility index (Phi) is 19.9. The number of hydrogen-bond donors (Lipinski definition) is 0. The van der Waals surface area contributed by atoms with Gasteiger partial charge in [0.05, 0.1) is 0 Å². The average Bonchev–Trinajstić information content (AvgIpc) is 1.52. The van der Waals surface area contributed by atoms with E-state index in [1.54, 1.807) is 0 Å². The van der Waals surface area contributed by atoms with E-state index in [9.17, 15) is 0 Å². The van der Waals surface area contributed by atoms with E-state index in [4.69, 9.17) is 8.83 Å². The molecule has 0 spiro atoms. The number of hydrogen-bond acceptors (Lipinski definition) is 6. The molecule has 0 atom stereocenters. The first kappa shape index (κ1) is 75.1. The van der Waals surface area contributed by atoms with Crippen molar-refractivity contribution in [2.75, 3.05) is 19.6 Å². The third-order valence-electron chi connectivity index (χ3n) is 24.3. The van der Waals surface area contributed by atoms with Crippen molar-refractivity contribution in [3.63, 3.8) is 0 Å². The van der Waals surface area contributed by atoms with Crippen molar-refractivity contribution in [2.24, 2.45) is 0 Å². The van der Waals surface area contributed by atoms with E-state index >= 15 is 0 Å². The number of benzene rings is 18. The van der Waals surface area contributed by atoms with Gasteiger partial charge in [0.1, 0.15) is 0 Å². The molecule has 4 heterocycles. The fraction of sp³-hybridized carbons (Fsp3) is 0.0175. The van der Waals surface area contributed by atoms with Gasteiger partial charge in [-0.05, 0) is 0 Å². The summed E-state index contributed by atoms with van der Waals surface area (Å²) in [5.41, 5.74) is 27.3. The van der Waals surface area contributed by atoms with Crippen LogP contribution in [-0.4, -0.2) is 31.6 Å². The van der Waals surface area contributed by atoms with Gasteiger partial charge in [0, 0.05) is 0 Å². The third-order valence-corrected chi connectivity index (χ3v) is 44.7. The van der Waals surface area contributed by atoms with E-state index in [0.717, 1.165) is 113 Å². The van der Waals surface area contributed by atoms with Crippen LogP contribution in [-0.2, 0) is 0 Å². The van der Waals surface area contributed by atoms with Crippen LogP contribution in [0.4, 0.5) is 68.2 Å². The summed E-state index contributed by atoms with van der Waals surface area (Å²) < 4.78 is 22.5. The van der Waals surface area contributed by atoms with E-state index < -0.39 is 31.6 Å². The SMILES string of the molecule is [CH3][Sn]1([CH3])[c]2ccc(-c3ccc(N(c4ccccc4)c4ccccc4)cc3)cc2-c2oc3ccc(-c4ccc(N(c5ccccc5)c5ccccc5)cc4)cc3[c]21.c1ccc(N(c2ccccc2)c2ccc(-c3cc[c]4c(c3)-c3oc5ccc(-c6ccc(N(c7ccccc7)c7ccccc7)cc6)cc5[c]3[Ge]4([c]3ccccc3)[c]3ccccc3)cc2)cc1. The van der Waals surface area contributed by atoms with Crippen LogP contribution in [0.3, 0.4) is 0 Å². The Bertz CT molecular complexity index is 6890. The van der Waals surface area contributed by atoms with Crippen LogP contribution in [0, 0.1) is 0 Å². The molecule has 0 saturated carbocycles. The topological polar surface area (TPSA) is 39.2 Å². The van der Waals surface area contributed by atoms with E-state index in [2.05, 4.69) is 503 Å². The van der Waals surface area contributed by atoms with Crippen molar-refractivity contribution in [2.45, 2.75) is 9.88 Å². The van der Waals surface area contributed by atoms with Crippen molar-refractivity contribution in [3.8, 4) is 67.2 Å². The molecule has 0 radical (unpaired) electrons. The minimum atomic E-state index is -3.68.